The molecule has 3 nitrogen and oxygen atoms in total. The Kier molecular flexibility index (Phi) is 4.59. The van der Waals surface area contributed by atoms with E-state index in [-0.39, 0.29) is 11.8 Å². The van der Waals surface area contributed by atoms with Crippen LogP contribution in [0.2, 0.25) is 0 Å². The predicted octanol–water partition coefficient (Wildman–Crippen LogP) is 3.70. The molecule has 0 atom stereocenters. The van der Waals surface area contributed by atoms with Gasteiger partial charge in [-0.1, -0.05) is 19.1 Å². The minimum absolute atomic E-state index is 0.203. The maximum Gasteiger partial charge on any atom is 0.227 e. The Morgan fingerprint density at radius 3 is 2.62 bits per heavy atom. The number of carbonyl (C=O) groups is 1. The third-order valence-corrected chi connectivity index (χ3v) is 4.75. The van der Waals surface area contributed by atoms with Crippen LogP contribution in [0.15, 0.2) is 24.3 Å². The van der Waals surface area contributed by atoms with E-state index in [4.69, 9.17) is 0 Å². The maximum atomic E-state index is 12.3. The van der Waals surface area contributed by atoms with Crippen LogP contribution in [0.4, 0.5) is 5.69 Å². The van der Waals surface area contributed by atoms with E-state index >= 15 is 0 Å². The summed E-state index contributed by atoms with van der Waals surface area (Å²) in [5.74, 6) is 1.19. The molecule has 0 unspecified atom stereocenters. The molecular weight excluding hydrogens is 260 g/mol. The molecule has 2 fully saturated rings. The summed E-state index contributed by atoms with van der Waals surface area (Å²) in [4.78, 5) is 12.3. The van der Waals surface area contributed by atoms with Gasteiger partial charge in [-0.2, -0.15) is 0 Å². The van der Waals surface area contributed by atoms with Gasteiger partial charge in [-0.25, -0.2) is 0 Å². The number of anilines is 1. The van der Waals surface area contributed by atoms with Crippen LogP contribution in [0.5, 0.6) is 0 Å². The molecule has 2 aliphatic carbocycles. The first-order chi connectivity index (χ1) is 10.2. The summed E-state index contributed by atoms with van der Waals surface area (Å²) in [5.41, 5.74) is 2.19. The topological polar surface area (TPSA) is 41.1 Å². The zero-order valence-electron chi connectivity index (χ0n) is 12.9. The number of hydrogen-bond donors (Lipinski definition) is 2. The highest BCUT2D eigenvalue weighted by atomic mass is 16.1. The lowest BCUT2D eigenvalue weighted by Crippen LogP contribution is -2.26. The Labute approximate surface area is 127 Å². The smallest absolute Gasteiger partial charge is 0.227 e. The highest BCUT2D eigenvalue weighted by Gasteiger charge is 2.24. The van der Waals surface area contributed by atoms with Crippen LogP contribution in [-0.4, -0.2) is 11.9 Å². The van der Waals surface area contributed by atoms with Gasteiger partial charge in [0, 0.05) is 24.2 Å². The average molecular weight is 286 g/mol. The van der Waals surface area contributed by atoms with Crippen LogP contribution in [0, 0.1) is 11.8 Å². The number of carbonyl (C=O) groups excluding carboxylic acids is 1. The van der Waals surface area contributed by atoms with Crippen molar-refractivity contribution in [3.63, 3.8) is 0 Å². The minimum Gasteiger partial charge on any atom is -0.326 e. The molecule has 2 N–H and O–H groups in total. The summed E-state index contributed by atoms with van der Waals surface area (Å²) >= 11 is 0. The molecule has 0 saturated heterocycles. The lowest BCUT2D eigenvalue weighted by Gasteiger charge is -2.25. The van der Waals surface area contributed by atoms with Gasteiger partial charge in [0.05, 0.1) is 0 Å². The standard InChI is InChI=1S/C18H26N2O/c1-13-5-7-15(8-6-13)18(21)20-17-4-2-3-14(11-17)12-19-16-9-10-16/h2-4,11,13,15-16,19H,5-10,12H2,1H3,(H,20,21). The van der Waals surface area contributed by atoms with Crippen molar-refractivity contribution in [2.75, 3.05) is 5.32 Å². The van der Waals surface area contributed by atoms with Gasteiger partial charge in [-0.15, -0.1) is 0 Å². The molecular formula is C18H26N2O. The highest BCUT2D eigenvalue weighted by molar-refractivity contribution is 5.92. The van der Waals surface area contributed by atoms with Gasteiger partial charge in [-0.3, -0.25) is 4.79 Å². The molecule has 0 aliphatic heterocycles. The van der Waals surface area contributed by atoms with Crippen LogP contribution in [0.3, 0.4) is 0 Å². The molecule has 0 radical (unpaired) electrons. The van der Waals surface area contributed by atoms with Gasteiger partial charge in [0.1, 0.15) is 0 Å². The molecule has 1 aromatic carbocycles. The SMILES string of the molecule is CC1CCC(C(=O)Nc2cccc(CNC3CC3)c2)CC1. The van der Waals surface area contributed by atoms with E-state index in [1.54, 1.807) is 0 Å². The minimum atomic E-state index is 0.203. The van der Waals surface area contributed by atoms with Gasteiger partial charge in [0.15, 0.2) is 0 Å². The van der Waals surface area contributed by atoms with E-state index < -0.39 is 0 Å². The van der Waals surface area contributed by atoms with E-state index in [9.17, 15) is 4.79 Å². The molecule has 21 heavy (non-hydrogen) atoms. The number of hydrogen-bond acceptors (Lipinski definition) is 2. The quantitative estimate of drug-likeness (QED) is 0.866. The third-order valence-electron chi connectivity index (χ3n) is 4.75. The first-order valence-corrected chi connectivity index (χ1v) is 8.34. The largest absolute Gasteiger partial charge is 0.326 e. The van der Waals surface area contributed by atoms with Crippen molar-refractivity contribution < 1.29 is 4.79 Å². The zero-order chi connectivity index (χ0) is 14.7. The second-order valence-corrected chi connectivity index (χ2v) is 6.80. The van der Waals surface area contributed by atoms with E-state index in [1.807, 2.05) is 12.1 Å². The first kappa shape index (κ1) is 14.6. The number of nitrogens with one attached hydrogen (secondary N) is 2. The maximum absolute atomic E-state index is 12.3. The van der Waals surface area contributed by atoms with Gasteiger partial charge >= 0.3 is 0 Å². The Morgan fingerprint density at radius 2 is 1.90 bits per heavy atom. The normalized spacial score (nSPS) is 25.6. The Hall–Kier alpha value is -1.35. The second kappa shape index (κ2) is 6.61. The molecule has 2 saturated carbocycles. The molecule has 0 heterocycles. The Morgan fingerprint density at radius 1 is 1.14 bits per heavy atom. The summed E-state index contributed by atoms with van der Waals surface area (Å²) < 4.78 is 0. The summed E-state index contributed by atoms with van der Waals surface area (Å²) in [6, 6.07) is 8.95. The summed E-state index contributed by atoms with van der Waals surface area (Å²) in [7, 11) is 0. The highest BCUT2D eigenvalue weighted by Crippen LogP contribution is 2.29. The van der Waals surface area contributed by atoms with E-state index in [1.165, 1.54) is 31.2 Å². The van der Waals surface area contributed by atoms with Gasteiger partial charge in [0.25, 0.3) is 0 Å². The molecule has 114 valence electrons. The fraction of sp³-hybridized carbons (Fsp3) is 0.611. The molecule has 3 heteroatoms. The van der Waals surface area contributed by atoms with Crippen LogP contribution in [-0.2, 0) is 11.3 Å². The number of rotatable bonds is 5. The van der Waals surface area contributed by atoms with Crippen molar-refractivity contribution in [3.05, 3.63) is 29.8 Å². The summed E-state index contributed by atoms with van der Waals surface area (Å²) in [5, 5.41) is 6.61. The van der Waals surface area contributed by atoms with Crippen molar-refractivity contribution in [1.29, 1.82) is 0 Å². The fourth-order valence-corrected chi connectivity index (χ4v) is 3.08. The van der Waals surface area contributed by atoms with Crippen LogP contribution >= 0.6 is 0 Å². The van der Waals surface area contributed by atoms with Crippen LogP contribution in [0.1, 0.15) is 51.0 Å². The lowest BCUT2D eigenvalue weighted by atomic mass is 9.82. The average Bonchev–Trinajstić information content (AvgIpc) is 3.30. The third kappa shape index (κ3) is 4.31. The molecule has 1 amide bonds. The Balaban J connectivity index is 1.53. The number of benzene rings is 1. The molecule has 1 aromatic rings. The lowest BCUT2D eigenvalue weighted by molar-refractivity contribution is -0.121. The van der Waals surface area contributed by atoms with Crippen LogP contribution < -0.4 is 10.6 Å². The zero-order valence-corrected chi connectivity index (χ0v) is 12.9. The van der Waals surface area contributed by atoms with E-state index in [0.29, 0.717) is 6.04 Å². The van der Waals surface area contributed by atoms with Gasteiger partial charge in [0.2, 0.25) is 5.91 Å². The first-order valence-electron chi connectivity index (χ1n) is 8.34. The molecule has 0 bridgehead atoms. The molecule has 2 aliphatic rings. The van der Waals surface area contributed by atoms with Gasteiger partial charge < -0.3 is 10.6 Å². The fourth-order valence-electron chi connectivity index (χ4n) is 3.08. The molecule has 0 spiro atoms. The predicted molar refractivity (Wildman–Crippen MR) is 86.1 cm³/mol. The monoisotopic (exact) mass is 286 g/mol. The second-order valence-electron chi connectivity index (χ2n) is 6.80. The van der Waals surface area contributed by atoms with Crippen molar-refractivity contribution in [1.82, 2.24) is 5.32 Å². The van der Waals surface area contributed by atoms with Crippen molar-refractivity contribution >= 4 is 11.6 Å². The number of amides is 1. The van der Waals surface area contributed by atoms with E-state index in [2.05, 4.69) is 29.7 Å². The van der Waals surface area contributed by atoms with Crippen LogP contribution in [0.25, 0.3) is 0 Å². The van der Waals surface area contributed by atoms with Crippen molar-refractivity contribution in [2.24, 2.45) is 11.8 Å². The van der Waals surface area contributed by atoms with E-state index in [0.717, 1.165) is 31.0 Å². The Bertz CT molecular complexity index is 488. The van der Waals surface area contributed by atoms with Crippen molar-refractivity contribution in [2.45, 2.75) is 58.0 Å². The summed E-state index contributed by atoms with van der Waals surface area (Å²) in [6.07, 6.45) is 7.05. The van der Waals surface area contributed by atoms with Gasteiger partial charge in [-0.05, 0) is 62.1 Å². The molecule has 3 rings (SSSR count). The molecule has 0 aromatic heterocycles. The van der Waals surface area contributed by atoms with Crippen molar-refractivity contribution in [3.8, 4) is 0 Å². The summed E-state index contributed by atoms with van der Waals surface area (Å²) in [6.45, 7) is 3.18.